The van der Waals surface area contributed by atoms with Crippen molar-refractivity contribution in [2.75, 3.05) is 53.9 Å². The van der Waals surface area contributed by atoms with Crippen LogP contribution >= 0.6 is 23.2 Å². The lowest BCUT2D eigenvalue weighted by molar-refractivity contribution is 0.0214. The first-order chi connectivity index (χ1) is 20.4. The highest BCUT2D eigenvalue weighted by atomic mass is 35.5. The van der Waals surface area contributed by atoms with Crippen molar-refractivity contribution in [2.24, 2.45) is 0 Å². The Morgan fingerprint density at radius 3 is 2.49 bits per heavy atom. The summed E-state index contributed by atoms with van der Waals surface area (Å²) >= 11 is 12.8. The second-order valence-corrected chi connectivity index (χ2v) is 12.7. The molecule has 2 bridgehead atoms. The van der Waals surface area contributed by atoms with Crippen LogP contribution in [0.25, 0.3) is 0 Å². The molecule has 43 heavy (non-hydrogen) atoms. The molecule has 1 N–H and O–H groups in total. The normalized spacial score (nSPS) is 19.6. The summed E-state index contributed by atoms with van der Waals surface area (Å²) < 4.78 is 11.4. The summed E-state index contributed by atoms with van der Waals surface area (Å²) in [5.41, 5.74) is 1.95. The van der Waals surface area contributed by atoms with E-state index in [1.807, 2.05) is 55.8 Å². The molecule has 11 nitrogen and oxygen atoms in total. The van der Waals surface area contributed by atoms with Gasteiger partial charge in [0, 0.05) is 44.1 Å². The van der Waals surface area contributed by atoms with E-state index in [0.717, 1.165) is 17.8 Å². The number of nitrogens with zero attached hydrogens (tertiary/aromatic N) is 6. The molecule has 2 saturated heterocycles. The standard InChI is InChI=1S/C30H33Cl2N7O4/c1-30(2,3)43-29(41)38-15-18-12-19(38)14-37(18)23-10-9-17(11-24(23)42-5)34-28-33-13-20-26(35-28)36(4)16-39(27(20)40)25-21(31)7-6-8-22(25)32/h6-11,13,18-19H,12,14-16H2,1-5H3,(H,33,34,35). The number of para-hydroxylation sites is 1. The van der Waals surface area contributed by atoms with Gasteiger partial charge in [-0.05, 0) is 51.5 Å². The van der Waals surface area contributed by atoms with Crippen molar-refractivity contribution in [3.05, 3.63) is 58.2 Å². The minimum absolute atomic E-state index is 0.0934. The van der Waals surface area contributed by atoms with E-state index in [2.05, 4.69) is 20.2 Å². The first kappa shape index (κ1) is 29.1. The zero-order valence-electron chi connectivity index (χ0n) is 24.6. The van der Waals surface area contributed by atoms with Crippen molar-refractivity contribution < 1.29 is 19.1 Å². The van der Waals surface area contributed by atoms with Gasteiger partial charge in [0.25, 0.3) is 5.91 Å². The van der Waals surface area contributed by atoms with Gasteiger partial charge in [-0.25, -0.2) is 9.78 Å². The lowest BCUT2D eigenvalue weighted by Crippen LogP contribution is -2.50. The number of carbonyl (C=O) groups excluding carboxylic acids is 2. The maximum atomic E-state index is 13.4. The zero-order valence-corrected chi connectivity index (χ0v) is 26.1. The van der Waals surface area contributed by atoms with E-state index in [9.17, 15) is 9.59 Å². The van der Waals surface area contributed by atoms with Gasteiger partial charge in [-0.1, -0.05) is 29.3 Å². The molecule has 6 rings (SSSR count). The predicted molar refractivity (Wildman–Crippen MR) is 167 cm³/mol. The van der Waals surface area contributed by atoms with Gasteiger partial charge in [0.1, 0.15) is 22.7 Å². The molecule has 13 heteroatoms. The van der Waals surface area contributed by atoms with Crippen LogP contribution in [0.4, 0.5) is 33.6 Å². The molecule has 226 valence electrons. The molecular formula is C30H33Cl2N7O4. The number of carbonyl (C=O) groups is 2. The molecular weight excluding hydrogens is 593 g/mol. The van der Waals surface area contributed by atoms with E-state index < -0.39 is 5.60 Å². The predicted octanol–water partition coefficient (Wildman–Crippen LogP) is 5.79. The first-order valence-electron chi connectivity index (χ1n) is 14.0. The average Bonchev–Trinajstić information content (AvgIpc) is 3.56. The van der Waals surface area contributed by atoms with E-state index in [1.54, 1.807) is 25.3 Å². The topological polar surface area (TPSA) is 103 Å². The Morgan fingerprint density at radius 2 is 1.84 bits per heavy atom. The van der Waals surface area contributed by atoms with Crippen molar-refractivity contribution in [3.8, 4) is 5.75 Å². The molecule has 2 fully saturated rings. The Balaban J connectivity index is 1.17. The van der Waals surface area contributed by atoms with Gasteiger partial charge in [0.2, 0.25) is 5.95 Å². The molecule has 2 atom stereocenters. The Bertz CT molecular complexity index is 1580. The number of halogens is 2. The third-order valence-corrected chi connectivity index (χ3v) is 8.39. The highest BCUT2D eigenvalue weighted by Crippen LogP contribution is 2.41. The third kappa shape index (κ3) is 5.47. The molecule has 0 radical (unpaired) electrons. The second kappa shape index (κ2) is 10.9. The molecule has 3 aliphatic heterocycles. The molecule has 2 amide bonds. The highest BCUT2D eigenvalue weighted by Gasteiger charge is 2.47. The van der Waals surface area contributed by atoms with Crippen LogP contribution in [0.1, 0.15) is 37.6 Å². The lowest BCUT2D eigenvalue weighted by Gasteiger charge is -2.36. The van der Waals surface area contributed by atoms with E-state index in [1.165, 1.54) is 11.1 Å². The van der Waals surface area contributed by atoms with Crippen LogP contribution in [-0.4, -0.2) is 78.5 Å². The fourth-order valence-electron chi connectivity index (χ4n) is 5.91. The number of fused-ring (bicyclic) bond motifs is 3. The summed E-state index contributed by atoms with van der Waals surface area (Å²) in [6.07, 6.45) is 2.13. The van der Waals surface area contributed by atoms with Crippen LogP contribution in [-0.2, 0) is 4.74 Å². The maximum Gasteiger partial charge on any atom is 0.410 e. The molecule has 2 unspecified atom stereocenters. The fourth-order valence-corrected chi connectivity index (χ4v) is 6.51. The Labute approximate surface area is 260 Å². The smallest absolute Gasteiger partial charge is 0.410 e. The number of piperazine rings is 1. The van der Waals surface area contributed by atoms with Gasteiger partial charge in [0.15, 0.2) is 0 Å². The summed E-state index contributed by atoms with van der Waals surface area (Å²) in [5.74, 6) is 1.24. The molecule has 0 spiro atoms. The number of aromatic nitrogens is 2. The van der Waals surface area contributed by atoms with Crippen molar-refractivity contribution >= 4 is 64.0 Å². The number of anilines is 5. The van der Waals surface area contributed by atoms with Crippen LogP contribution < -0.4 is 24.8 Å². The fraction of sp³-hybridized carbons (Fsp3) is 0.400. The summed E-state index contributed by atoms with van der Waals surface area (Å²) in [6.45, 7) is 7.18. The summed E-state index contributed by atoms with van der Waals surface area (Å²) in [6, 6.07) is 11.2. The minimum atomic E-state index is -0.525. The van der Waals surface area contributed by atoms with Crippen LogP contribution in [0.3, 0.4) is 0 Å². The maximum absolute atomic E-state index is 13.4. The SMILES string of the molecule is COc1cc(Nc2ncc3c(n2)N(C)CN(c2c(Cl)cccc2Cl)C3=O)ccc1N1CC2CC1CN2C(=O)OC(C)(C)C. The van der Waals surface area contributed by atoms with Gasteiger partial charge in [-0.2, -0.15) is 4.98 Å². The monoisotopic (exact) mass is 625 g/mol. The number of hydrogen-bond donors (Lipinski definition) is 1. The van der Waals surface area contributed by atoms with E-state index in [-0.39, 0.29) is 30.8 Å². The minimum Gasteiger partial charge on any atom is -0.495 e. The molecule has 0 aliphatic carbocycles. The third-order valence-electron chi connectivity index (χ3n) is 7.78. The number of nitrogens with one attached hydrogen (secondary N) is 1. The highest BCUT2D eigenvalue weighted by molar-refractivity contribution is 6.40. The number of likely N-dealkylation sites (tertiary alicyclic amines) is 1. The lowest BCUT2D eigenvalue weighted by atomic mass is 10.2. The van der Waals surface area contributed by atoms with Crippen molar-refractivity contribution in [3.63, 3.8) is 0 Å². The van der Waals surface area contributed by atoms with Crippen LogP contribution in [0.15, 0.2) is 42.6 Å². The van der Waals surface area contributed by atoms with Crippen molar-refractivity contribution in [1.29, 1.82) is 0 Å². The summed E-state index contributed by atoms with van der Waals surface area (Å²) in [4.78, 5) is 42.6. The van der Waals surface area contributed by atoms with Gasteiger partial charge in [-0.15, -0.1) is 0 Å². The second-order valence-electron chi connectivity index (χ2n) is 11.9. The van der Waals surface area contributed by atoms with E-state index in [4.69, 9.17) is 32.7 Å². The molecule has 3 aliphatic rings. The van der Waals surface area contributed by atoms with Crippen molar-refractivity contribution in [1.82, 2.24) is 14.9 Å². The Morgan fingerprint density at radius 1 is 1.09 bits per heavy atom. The molecule has 3 aromatic rings. The van der Waals surface area contributed by atoms with E-state index in [0.29, 0.717) is 51.9 Å². The summed E-state index contributed by atoms with van der Waals surface area (Å²) in [7, 11) is 3.47. The zero-order chi connectivity index (χ0) is 30.6. The first-order valence-corrected chi connectivity index (χ1v) is 14.7. The largest absolute Gasteiger partial charge is 0.495 e. The number of methoxy groups -OCH3 is 1. The summed E-state index contributed by atoms with van der Waals surface area (Å²) in [5, 5.41) is 4.01. The van der Waals surface area contributed by atoms with Crippen LogP contribution in [0.2, 0.25) is 10.0 Å². The van der Waals surface area contributed by atoms with Gasteiger partial charge in [0.05, 0.1) is 41.2 Å². The van der Waals surface area contributed by atoms with Gasteiger partial charge in [-0.3, -0.25) is 9.69 Å². The molecule has 0 saturated carbocycles. The number of benzene rings is 2. The van der Waals surface area contributed by atoms with Gasteiger partial charge < -0.3 is 29.5 Å². The number of amides is 2. The van der Waals surface area contributed by atoms with Gasteiger partial charge >= 0.3 is 6.09 Å². The van der Waals surface area contributed by atoms with E-state index >= 15 is 0 Å². The Kier molecular flexibility index (Phi) is 7.42. The molecule has 1 aromatic heterocycles. The number of ether oxygens (including phenoxy) is 2. The Hall–Kier alpha value is -3.96. The number of hydrogen-bond acceptors (Lipinski definition) is 9. The number of rotatable bonds is 5. The molecule has 4 heterocycles. The van der Waals surface area contributed by atoms with Crippen molar-refractivity contribution in [2.45, 2.75) is 44.9 Å². The average molecular weight is 627 g/mol. The quantitative estimate of drug-likeness (QED) is 0.377. The molecule has 2 aromatic carbocycles. The van der Waals surface area contributed by atoms with Crippen LogP contribution in [0.5, 0.6) is 5.75 Å². The van der Waals surface area contributed by atoms with Crippen LogP contribution in [0, 0.1) is 0 Å².